The molecule has 0 aliphatic rings. The quantitative estimate of drug-likeness (QED) is 0.339. The number of guanidine groups is 1. The number of carbonyl (C=O) groups is 2. The predicted molar refractivity (Wildman–Crippen MR) is 95.9 cm³/mol. The van der Waals surface area contributed by atoms with E-state index in [1.54, 1.807) is 25.1 Å². The van der Waals surface area contributed by atoms with Crippen molar-refractivity contribution < 1.29 is 19.4 Å². The van der Waals surface area contributed by atoms with Gasteiger partial charge in [-0.2, -0.15) is 5.10 Å². The Morgan fingerprint density at radius 1 is 1.26 bits per heavy atom. The van der Waals surface area contributed by atoms with E-state index in [0.717, 1.165) is 0 Å². The van der Waals surface area contributed by atoms with Gasteiger partial charge in [-0.3, -0.25) is 4.79 Å². The molecule has 0 saturated carbocycles. The van der Waals surface area contributed by atoms with E-state index < -0.39 is 11.9 Å². The number of nitrogens with two attached hydrogens (primary N) is 2. The van der Waals surface area contributed by atoms with E-state index in [-0.39, 0.29) is 23.8 Å². The number of hydrogen-bond acceptors (Lipinski definition) is 6. The van der Waals surface area contributed by atoms with Gasteiger partial charge in [0.25, 0.3) is 0 Å². The van der Waals surface area contributed by atoms with Gasteiger partial charge in [0.2, 0.25) is 0 Å². The predicted octanol–water partition coefficient (Wildman–Crippen LogP) is 0.789. The highest BCUT2D eigenvalue weighted by Crippen LogP contribution is 2.23. The number of rotatable bonds is 5. The van der Waals surface area contributed by atoms with E-state index in [1.165, 1.54) is 23.0 Å². The van der Waals surface area contributed by atoms with Crippen molar-refractivity contribution in [3.63, 3.8) is 0 Å². The number of benzene rings is 1. The summed E-state index contributed by atoms with van der Waals surface area (Å²) in [4.78, 5) is 31.4. The zero-order chi connectivity index (χ0) is 19.6. The van der Waals surface area contributed by atoms with E-state index in [1.807, 2.05) is 0 Å². The average molecular weight is 368 g/mol. The topological polar surface area (TPSA) is 158 Å². The number of fused-ring (bicyclic) bond motifs is 1. The van der Waals surface area contributed by atoms with Gasteiger partial charge in [-0.1, -0.05) is 0 Å². The minimum atomic E-state index is -1.01. The maximum absolute atomic E-state index is 12.5. The monoisotopic (exact) mass is 368 g/mol. The van der Waals surface area contributed by atoms with Crippen molar-refractivity contribution in [2.24, 2.45) is 16.5 Å². The summed E-state index contributed by atoms with van der Waals surface area (Å²) in [7, 11) is 0. The number of pyridine rings is 1. The van der Waals surface area contributed by atoms with Crippen LogP contribution in [-0.2, 0) is 11.2 Å². The summed E-state index contributed by atoms with van der Waals surface area (Å²) in [6, 6.07) is 7.81. The molecule has 0 fully saturated rings. The third-order valence-corrected chi connectivity index (χ3v) is 3.69. The SMILES string of the molecule is Cc1cc(N=C(N)N)ccc1C(=O)Oc1ccc(CC(=O)O)n2ncnc12. The van der Waals surface area contributed by atoms with Gasteiger partial charge in [0.15, 0.2) is 17.4 Å². The standard InChI is InChI=1S/C17H16N6O4/c1-9-6-10(22-17(18)19)2-4-12(9)16(26)27-13-5-3-11(7-14(24)25)23-15(13)20-8-21-23/h2-6,8H,7H2,1H3,(H,24,25)(H4,18,19,22). The van der Waals surface area contributed by atoms with Crippen LogP contribution in [0.1, 0.15) is 21.6 Å². The van der Waals surface area contributed by atoms with Crippen molar-refractivity contribution in [2.45, 2.75) is 13.3 Å². The normalized spacial score (nSPS) is 10.6. The second kappa shape index (κ2) is 7.12. The molecule has 0 unspecified atom stereocenters. The summed E-state index contributed by atoms with van der Waals surface area (Å²) in [5, 5.41) is 12.9. The van der Waals surface area contributed by atoms with Crippen molar-refractivity contribution in [3.05, 3.63) is 53.5 Å². The average Bonchev–Trinajstić information content (AvgIpc) is 3.06. The van der Waals surface area contributed by atoms with Crippen LogP contribution < -0.4 is 16.2 Å². The lowest BCUT2D eigenvalue weighted by Gasteiger charge is -2.09. The van der Waals surface area contributed by atoms with Crippen LogP contribution in [0.2, 0.25) is 0 Å². The molecule has 0 amide bonds. The molecular weight excluding hydrogens is 352 g/mol. The highest BCUT2D eigenvalue weighted by Gasteiger charge is 2.17. The van der Waals surface area contributed by atoms with Gasteiger partial charge in [-0.25, -0.2) is 19.3 Å². The molecule has 5 N–H and O–H groups in total. The van der Waals surface area contributed by atoms with E-state index in [2.05, 4.69) is 15.1 Å². The lowest BCUT2D eigenvalue weighted by molar-refractivity contribution is -0.136. The van der Waals surface area contributed by atoms with Crippen LogP contribution in [0.3, 0.4) is 0 Å². The van der Waals surface area contributed by atoms with Gasteiger partial charge >= 0.3 is 11.9 Å². The van der Waals surface area contributed by atoms with Gasteiger partial charge in [0.05, 0.1) is 23.4 Å². The van der Waals surface area contributed by atoms with Gasteiger partial charge in [-0.15, -0.1) is 0 Å². The zero-order valence-corrected chi connectivity index (χ0v) is 14.3. The van der Waals surface area contributed by atoms with Crippen LogP contribution >= 0.6 is 0 Å². The van der Waals surface area contributed by atoms with Crippen LogP contribution in [0.25, 0.3) is 5.65 Å². The Morgan fingerprint density at radius 3 is 2.70 bits per heavy atom. The van der Waals surface area contributed by atoms with E-state index in [0.29, 0.717) is 22.5 Å². The van der Waals surface area contributed by atoms with Crippen molar-refractivity contribution >= 4 is 29.2 Å². The van der Waals surface area contributed by atoms with Crippen LogP contribution in [0.5, 0.6) is 5.75 Å². The van der Waals surface area contributed by atoms with Crippen molar-refractivity contribution in [2.75, 3.05) is 0 Å². The number of aliphatic imine (C=N–C) groups is 1. The Morgan fingerprint density at radius 2 is 2.04 bits per heavy atom. The Kier molecular flexibility index (Phi) is 4.71. The molecule has 2 aromatic heterocycles. The molecule has 0 spiro atoms. The molecule has 0 bridgehead atoms. The number of aliphatic carboxylic acids is 1. The molecule has 27 heavy (non-hydrogen) atoms. The molecule has 138 valence electrons. The fraction of sp³-hybridized carbons (Fsp3) is 0.118. The van der Waals surface area contributed by atoms with Gasteiger partial charge in [0.1, 0.15) is 6.33 Å². The number of carbonyl (C=O) groups excluding carboxylic acids is 1. The Bertz CT molecular complexity index is 1070. The van der Waals surface area contributed by atoms with Crippen molar-refractivity contribution in [1.82, 2.24) is 14.6 Å². The number of carboxylic acids is 1. The summed E-state index contributed by atoms with van der Waals surface area (Å²) >= 11 is 0. The number of ether oxygens (including phenoxy) is 1. The zero-order valence-electron chi connectivity index (χ0n) is 14.3. The van der Waals surface area contributed by atoms with Crippen LogP contribution in [0.4, 0.5) is 5.69 Å². The highest BCUT2D eigenvalue weighted by atomic mass is 16.5. The molecule has 3 rings (SSSR count). The van der Waals surface area contributed by atoms with Crippen molar-refractivity contribution in [3.8, 4) is 5.75 Å². The van der Waals surface area contributed by atoms with Crippen LogP contribution in [0.15, 0.2) is 41.7 Å². The number of nitrogens with zero attached hydrogens (tertiary/aromatic N) is 4. The molecule has 1 aromatic carbocycles. The molecule has 3 aromatic rings. The van der Waals surface area contributed by atoms with E-state index in [9.17, 15) is 9.59 Å². The first-order valence-corrected chi connectivity index (χ1v) is 7.81. The largest absolute Gasteiger partial charge is 0.481 e. The molecule has 0 aliphatic carbocycles. The Hall–Kier alpha value is -3.95. The third-order valence-electron chi connectivity index (χ3n) is 3.69. The summed E-state index contributed by atoms with van der Waals surface area (Å²) in [6.07, 6.45) is 1.02. The molecule has 2 heterocycles. The van der Waals surface area contributed by atoms with E-state index in [4.69, 9.17) is 21.3 Å². The van der Waals surface area contributed by atoms with E-state index >= 15 is 0 Å². The first-order chi connectivity index (χ1) is 12.8. The van der Waals surface area contributed by atoms with Crippen LogP contribution in [-0.4, -0.2) is 37.6 Å². The Labute approximate surface area is 153 Å². The molecule has 10 heteroatoms. The van der Waals surface area contributed by atoms with Crippen LogP contribution in [0, 0.1) is 6.92 Å². The van der Waals surface area contributed by atoms with Gasteiger partial charge in [0, 0.05) is 0 Å². The highest BCUT2D eigenvalue weighted by molar-refractivity contribution is 5.94. The molecule has 10 nitrogen and oxygen atoms in total. The Balaban J connectivity index is 1.90. The minimum absolute atomic E-state index is 0.0830. The fourth-order valence-electron chi connectivity index (χ4n) is 2.56. The number of carboxylic acid groups (broad SMARTS) is 1. The van der Waals surface area contributed by atoms with Crippen molar-refractivity contribution in [1.29, 1.82) is 0 Å². The molecule has 0 aliphatic heterocycles. The summed E-state index contributed by atoms with van der Waals surface area (Å²) in [5.74, 6) is -1.52. The maximum Gasteiger partial charge on any atom is 0.343 e. The van der Waals surface area contributed by atoms with Gasteiger partial charge < -0.3 is 21.3 Å². The molecule has 0 atom stereocenters. The maximum atomic E-state index is 12.5. The summed E-state index contributed by atoms with van der Waals surface area (Å²) in [6.45, 7) is 1.73. The first-order valence-electron chi connectivity index (χ1n) is 7.81. The number of aryl methyl sites for hydroxylation is 1. The minimum Gasteiger partial charge on any atom is -0.481 e. The third kappa shape index (κ3) is 3.84. The lowest BCUT2D eigenvalue weighted by Crippen LogP contribution is -2.21. The second-order valence-electron chi connectivity index (χ2n) is 5.68. The van der Waals surface area contributed by atoms with Gasteiger partial charge in [-0.05, 0) is 42.8 Å². The molecular formula is C17H16N6O4. The number of esters is 1. The molecule has 0 saturated heterocycles. The number of hydrogen-bond donors (Lipinski definition) is 3. The lowest BCUT2D eigenvalue weighted by atomic mass is 10.1. The summed E-state index contributed by atoms with van der Waals surface area (Å²) in [5.41, 5.74) is 12.8. The second-order valence-corrected chi connectivity index (χ2v) is 5.68. The molecule has 0 radical (unpaired) electrons. The smallest absolute Gasteiger partial charge is 0.343 e. The fourth-order valence-corrected chi connectivity index (χ4v) is 2.56. The number of aromatic nitrogens is 3. The summed E-state index contributed by atoms with van der Waals surface area (Å²) < 4.78 is 6.76. The first kappa shape index (κ1) is 17.9.